The number of hydrogen-bond acceptors (Lipinski definition) is 3. The number of rotatable bonds is 3. The molecule has 0 saturated carbocycles. The van der Waals surface area contributed by atoms with Gasteiger partial charge >= 0.3 is 57.6 Å². The fourth-order valence-electron chi connectivity index (χ4n) is 0.318. The van der Waals surface area contributed by atoms with Crippen molar-refractivity contribution in [3.63, 3.8) is 0 Å². The number of carbonyl (C=O) groups excluding carboxylic acids is 1. The van der Waals surface area contributed by atoms with Crippen molar-refractivity contribution in [1.82, 2.24) is 0 Å². The van der Waals surface area contributed by atoms with Crippen molar-refractivity contribution in [3.05, 3.63) is 13.5 Å². The monoisotopic (exact) mass is 395 g/mol. The average Bonchev–Trinajstić information content (AvgIpc) is 2.12. The van der Waals surface area contributed by atoms with Gasteiger partial charge in [-0.2, -0.15) is 6.42 Å². The van der Waals surface area contributed by atoms with Gasteiger partial charge < -0.3 is 23.5 Å². The third kappa shape index (κ3) is 44.3. The van der Waals surface area contributed by atoms with Crippen LogP contribution in [0.25, 0.3) is 0 Å². The normalized spacial score (nSPS) is 6.08. The standard InChI is InChI=1S/C6H11O2.CN.Cu.HI.Zn/c1-3-4-5-8-6(2)7;1-2;;;/h1,3-5H2,2H3;;;1H;/q2*-1;+1;;+2/p-1. The Balaban J connectivity index is -0.0000000712. The topological polar surface area (TPSA) is 50.1 Å². The SMILES string of the molecule is [C-]#N.[CH2-]CCCOC(C)=O.[Cu+].[Zn+][I]. The fourth-order valence-corrected chi connectivity index (χ4v) is 0.318. The zero-order valence-corrected chi connectivity index (χ0v) is 13.5. The van der Waals surface area contributed by atoms with Gasteiger partial charge in [0.2, 0.25) is 0 Å². The number of carbonyl (C=O) groups is 1. The Morgan fingerprint density at radius 1 is 1.62 bits per heavy atom. The molecule has 0 aromatic heterocycles. The molecule has 0 bridgehead atoms. The molecule has 13 heavy (non-hydrogen) atoms. The van der Waals surface area contributed by atoms with Gasteiger partial charge in [-0.25, -0.2) is 0 Å². The summed E-state index contributed by atoms with van der Waals surface area (Å²) in [6.07, 6.45) is 1.69. The zero-order chi connectivity index (χ0) is 10.4. The van der Waals surface area contributed by atoms with Crippen LogP contribution in [0.5, 0.6) is 0 Å². The minimum absolute atomic E-state index is 0. The minimum atomic E-state index is -0.210. The summed E-state index contributed by atoms with van der Waals surface area (Å²) in [5, 5.41) is 6.25. The molecule has 0 aromatic carbocycles. The van der Waals surface area contributed by atoms with Crippen molar-refractivity contribution in [1.29, 1.82) is 5.26 Å². The molecule has 0 rings (SSSR count). The van der Waals surface area contributed by atoms with Crippen LogP contribution >= 0.6 is 19.8 Å². The van der Waals surface area contributed by atoms with E-state index in [-0.39, 0.29) is 23.0 Å². The van der Waals surface area contributed by atoms with Gasteiger partial charge in [-0.05, 0) is 6.42 Å². The molecule has 0 unspecified atom stereocenters. The number of halogens is 1. The first-order valence-electron chi connectivity index (χ1n) is 3.19. The van der Waals surface area contributed by atoms with Crippen LogP contribution in [0, 0.1) is 18.8 Å². The van der Waals surface area contributed by atoms with E-state index < -0.39 is 0 Å². The van der Waals surface area contributed by atoms with Gasteiger partial charge in [-0.3, -0.25) is 4.79 Å². The molecule has 0 aliphatic rings. The molecule has 0 aliphatic heterocycles. The van der Waals surface area contributed by atoms with E-state index in [1.165, 1.54) is 21.7 Å². The molecular formula is C7H11CuINO2Zn. The Hall–Kier alpha value is 0.833. The molecule has 76 valence electrons. The first kappa shape index (κ1) is 23.6. The first-order chi connectivity index (χ1) is 5.77. The van der Waals surface area contributed by atoms with Crippen molar-refractivity contribution in [2.45, 2.75) is 19.8 Å². The molecule has 0 aliphatic carbocycles. The number of ether oxygens (including phenoxy) is 1. The third-order valence-electron chi connectivity index (χ3n) is 0.700. The molecule has 0 saturated heterocycles. The molecule has 0 aromatic rings. The van der Waals surface area contributed by atoms with E-state index >= 15 is 0 Å². The van der Waals surface area contributed by atoms with Crippen molar-refractivity contribution >= 4 is 25.7 Å². The van der Waals surface area contributed by atoms with Crippen LogP contribution in [0.4, 0.5) is 0 Å². The predicted molar refractivity (Wildman–Crippen MR) is 50.2 cm³/mol. The number of nitrogens with zero attached hydrogens (tertiary/aromatic N) is 1. The van der Waals surface area contributed by atoms with E-state index in [0.29, 0.717) is 6.61 Å². The Morgan fingerprint density at radius 3 is 2.23 bits per heavy atom. The summed E-state index contributed by atoms with van der Waals surface area (Å²) in [6, 6.07) is 0. The summed E-state index contributed by atoms with van der Waals surface area (Å²) in [6.45, 7) is 10.3. The second-order valence-electron chi connectivity index (χ2n) is 1.55. The van der Waals surface area contributed by atoms with Crippen LogP contribution in [0.2, 0.25) is 0 Å². The van der Waals surface area contributed by atoms with Crippen molar-refractivity contribution < 1.29 is 41.4 Å². The summed E-state index contributed by atoms with van der Waals surface area (Å²) < 4.78 is 4.60. The number of unbranched alkanes of at least 4 members (excludes halogenated alkanes) is 1. The molecule has 0 spiro atoms. The van der Waals surface area contributed by atoms with Gasteiger partial charge in [0.1, 0.15) is 0 Å². The molecule has 0 heterocycles. The molecule has 0 radical (unpaired) electrons. The van der Waals surface area contributed by atoms with Gasteiger partial charge in [0.05, 0.1) is 6.61 Å². The second kappa shape index (κ2) is 29.3. The maximum absolute atomic E-state index is 10.1. The van der Waals surface area contributed by atoms with E-state index in [9.17, 15) is 4.79 Å². The average molecular weight is 397 g/mol. The summed E-state index contributed by atoms with van der Waals surface area (Å²) in [7, 11) is 0. The molecule has 6 heteroatoms. The van der Waals surface area contributed by atoms with Gasteiger partial charge in [-0.1, -0.05) is 0 Å². The quantitative estimate of drug-likeness (QED) is 0.241. The van der Waals surface area contributed by atoms with Crippen molar-refractivity contribution in [2.75, 3.05) is 6.61 Å². The Morgan fingerprint density at radius 2 is 2.00 bits per heavy atom. The Labute approximate surface area is 111 Å². The van der Waals surface area contributed by atoms with Crippen molar-refractivity contribution in [3.8, 4) is 0 Å². The van der Waals surface area contributed by atoms with Crippen LogP contribution in [-0.4, -0.2) is 12.6 Å². The van der Waals surface area contributed by atoms with E-state index in [1.807, 2.05) is 0 Å². The number of esters is 1. The van der Waals surface area contributed by atoms with Crippen LogP contribution < -0.4 is 0 Å². The Kier molecular flexibility index (Phi) is 53.1. The molecule has 0 N–H and O–H groups in total. The molecule has 3 nitrogen and oxygen atoms in total. The molecule has 0 atom stereocenters. The summed E-state index contributed by atoms with van der Waals surface area (Å²) >= 11 is 3.62. The number of hydrogen-bond donors (Lipinski definition) is 0. The second-order valence-corrected chi connectivity index (χ2v) is 1.55. The first-order valence-corrected chi connectivity index (χ1v) is 12.2. The summed E-state index contributed by atoms with van der Waals surface area (Å²) in [4.78, 5) is 10.1. The van der Waals surface area contributed by atoms with Crippen LogP contribution in [0.3, 0.4) is 0 Å². The molecule has 0 amide bonds. The van der Waals surface area contributed by atoms with Gasteiger partial charge in [-0.15, -0.1) is 0 Å². The van der Waals surface area contributed by atoms with Crippen LogP contribution in [0.1, 0.15) is 19.8 Å². The Bertz CT molecular complexity index is 114. The van der Waals surface area contributed by atoms with E-state index in [1.54, 1.807) is 0 Å². The molecule has 0 fully saturated rings. The summed E-state index contributed by atoms with van der Waals surface area (Å²) in [5.74, 6) is -0.210. The third-order valence-corrected chi connectivity index (χ3v) is 0.700. The predicted octanol–water partition coefficient (Wildman–Crippen LogP) is 2.14. The fraction of sp³-hybridized carbons (Fsp3) is 0.571. The van der Waals surface area contributed by atoms with Crippen LogP contribution in [-0.2, 0) is 41.4 Å². The van der Waals surface area contributed by atoms with Crippen LogP contribution in [0.15, 0.2) is 0 Å². The van der Waals surface area contributed by atoms with Crippen molar-refractivity contribution in [2.24, 2.45) is 0 Å². The maximum atomic E-state index is 10.1. The van der Waals surface area contributed by atoms with E-state index in [4.69, 9.17) is 11.8 Å². The van der Waals surface area contributed by atoms with E-state index in [2.05, 4.69) is 31.4 Å². The molecular weight excluding hydrogens is 386 g/mol. The summed E-state index contributed by atoms with van der Waals surface area (Å²) in [5.41, 5.74) is 0. The van der Waals surface area contributed by atoms with Gasteiger partial charge in [0.25, 0.3) is 0 Å². The van der Waals surface area contributed by atoms with Gasteiger partial charge in [0, 0.05) is 6.92 Å². The van der Waals surface area contributed by atoms with Gasteiger partial charge in [0.15, 0.2) is 0 Å². The zero-order valence-electron chi connectivity index (χ0n) is 7.48. The van der Waals surface area contributed by atoms with E-state index in [0.717, 1.165) is 12.8 Å².